The average molecular weight is 825 g/mol. The second-order valence-electron chi connectivity index (χ2n) is 13.7. The van der Waals surface area contributed by atoms with Crippen LogP contribution in [0.15, 0.2) is 130 Å². The van der Waals surface area contributed by atoms with E-state index in [-0.39, 0.29) is 16.2 Å². The predicted molar refractivity (Wildman–Crippen MR) is 227 cm³/mol. The molecule has 0 aromatic heterocycles. The van der Waals surface area contributed by atoms with Crippen LogP contribution in [0, 0.1) is 0 Å². The fraction of sp³-hybridized carbons (Fsp3) is 0.319. The smallest absolute Gasteiger partial charge is 0.340 e. The summed E-state index contributed by atoms with van der Waals surface area (Å²) >= 11 is 1.28. The number of hydrogen-bond donors (Lipinski definition) is 0. The Morgan fingerprint density at radius 3 is 2.16 bits per heavy atom. The van der Waals surface area contributed by atoms with Gasteiger partial charge in [0.25, 0.3) is 0 Å². The Bertz CT molecular complexity index is 2200. The number of methoxy groups -OCH3 is 1. The van der Waals surface area contributed by atoms with E-state index in [0.29, 0.717) is 47.0 Å². The van der Waals surface area contributed by atoms with E-state index < -0.39 is 28.2 Å². The molecule has 0 fully saturated rings. The van der Waals surface area contributed by atoms with Crippen molar-refractivity contribution in [1.29, 1.82) is 0 Å². The van der Waals surface area contributed by atoms with Gasteiger partial charge < -0.3 is 23.1 Å². The van der Waals surface area contributed by atoms with Crippen LogP contribution in [0.25, 0.3) is 11.1 Å². The maximum atomic E-state index is 14.2. The van der Waals surface area contributed by atoms with E-state index in [1.54, 1.807) is 72.8 Å². The molecule has 0 aliphatic rings. The Hall–Kier alpha value is -5.10. The van der Waals surface area contributed by atoms with Gasteiger partial charge in [0.15, 0.2) is 6.10 Å². The van der Waals surface area contributed by atoms with Gasteiger partial charge in [-0.25, -0.2) is 4.79 Å². The Kier molecular flexibility index (Phi) is 16.8. The topological polar surface area (TPSA) is 114 Å². The molecule has 0 aliphatic heterocycles. The molecular weight excluding hydrogens is 773 g/mol. The molecule has 0 spiro atoms. The van der Waals surface area contributed by atoms with Gasteiger partial charge in [-0.2, -0.15) is 8.42 Å². The number of para-hydroxylation sites is 1. The summed E-state index contributed by atoms with van der Waals surface area (Å²) in [6.45, 7) is 7.10. The Labute approximate surface area is 347 Å². The third kappa shape index (κ3) is 12.4. The maximum absolute atomic E-state index is 14.2. The number of carbonyl (C=O) groups excluding carboxylic acids is 2. The predicted octanol–water partition coefficient (Wildman–Crippen LogP) is 11.4. The first kappa shape index (κ1) is 44.0. The summed E-state index contributed by atoms with van der Waals surface area (Å²) in [6, 6.07) is 33.5. The fourth-order valence-corrected chi connectivity index (χ4v) is 8.62. The van der Waals surface area contributed by atoms with Crippen LogP contribution in [-0.2, 0) is 35.7 Å². The van der Waals surface area contributed by atoms with Gasteiger partial charge in [-0.15, -0.1) is 0 Å². The summed E-state index contributed by atoms with van der Waals surface area (Å²) in [5.41, 5.74) is 3.06. The van der Waals surface area contributed by atoms with E-state index in [1.165, 1.54) is 45.1 Å². The van der Waals surface area contributed by atoms with Crippen molar-refractivity contribution in [3.05, 3.63) is 138 Å². The van der Waals surface area contributed by atoms with E-state index in [4.69, 9.17) is 23.1 Å². The molecule has 5 aromatic carbocycles. The Balaban J connectivity index is 1.56. The number of carbonyl (C=O) groups is 2. The molecule has 58 heavy (non-hydrogen) atoms. The molecule has 0 saturated carbocycles. The average Bonchev–Trinajstić information content (AvgIpc) is 3.23. The third-order valence-corrected chi connectivity index (χ3v) is 11.8. The molecule has 0 aliphatic carbocycles. The van der Waals surface area contributed by atoms with Gasteiger partial charge in [-0.3, -0.25) is 4.79 Å². The Morgan fingerprint density at radius 1 is 0.707 bits per heavy atom. The summed E-state index contributed by atoms with van der Waals surface area (Å²) in [4.78, 5) is 27.2. The fourth-order valence-electron chi connectivity index (χ4n) is 6.33. The molecular formula is C47H52O9S2. The second kappa shape index (κ2) is 22.2. The molecule has 0 bridgehead atoms. The molecule has 0 radical (unpaired) electrons. The summed E-state index contributed by atoms with van der Waals surface area (Å²) < 4.78 is 57.0. The van der Waals surface area contributed by atoms with Crippen LogP contribution < -0.4 is 8.92 Å². The molecule has 306 valence electrons. The minimum Gasteiger partial charge on any atom is -0.494 e. The number of hydrogen-bond acceptors (Lipinski definition) is 10. The van der Waals surface area contributed by atoms with E-state index >= 15 is 0 Å². The highest BCUT2D eigenvalue weighted by atomic mass is 32.2. The molecule has 0 heterocycles. The van der Waals surface area contributed by atoms with Crippen LogP contribution in [0.4, 0.5) is 0 Å². The van der Waals surface area contributed by atoms with Crippen LogP contribution in [0.3, 0.4) is 0 Å². The molecule has 5 aromatic rings. The van der Waals surface area contributed by atoms with Crippen molar-refractivity contribution in [2.75, 3.05) is 20.3 Å². The number of benzene rings is 5. The first-order valence-electron chi connectivity index (χ1n) is 19.7. The monoisotopic (exact) mass is 824 g/mol. The van der Waals surface area contributed by atoms with Crippen LogP contribution >= 0.6 is 11.8 Å². The molecule has 9 nitrogen and oxygen atoms in total. The van der Waals surface area contributed by atoms with Gasteiger partial charge in [0.2, 0.25) is 0 Å². The van der Waals surface area contributed by atoms with Gasteiger partial charge in [-0.05, 0) is 90.2 Å². The van der Waals surface area contributed by atoms with Gasteiger partial charge in [0, 0.05) is 34.4 Å². The van der Waals surface area contributed by atoms with Gasteiger partial charge in [-0.1, -0.05) is 112 Å². The zero-order valence-corrected chi connectivity index (χ0v) is 35.2. The van der Waals surface area contributed by atoms with Crippen LogP contribution in [0.5, 0.6) is 11.5 Å². The summed E-state index contributed by atoms with van der Waals surface area (Å²) in [7, 11) is -3.08. The highest BCUT2D eigenvalue weighted by Gasteiger charge is 2.29. The van der Waals surface area contributed by atoms with Crippen molar-refractivity contribution in [2.24, 2.45) is 0 Å². The number of esters is 2. The standard InChI is InChI=1S/C47H52O9S2/c1-5-7-9-10-16-29-53-33-35-21-27-42(47(49)52-4)43(31-35)46(55-34(3)48)41-20-15-14-19-40(41)36-22-28-44(57-39-25-23-37(24-26-39)54-30-8-6-2)45(32-36)58(50,51)56-38-17-12-11-13-18-38/h11-15,17-28,31-32,46H,5-10,16,29-30,33H2,1-4H3. The number of unbranched alkanes of at least 4 members (excludes halogenated alkanes) is 5. The van der Waals surface area contributed by atoms with E-state index in [0.717, 1.165) is 41.9 Å². The first-order valence-corrected chi connectivity index (χ1v) is 22.0. The minimum absolute atomic E-state index is 0.0509. The highest BCUT2D eigenvalue weighted by Crippen LogP contribution is 2.41. The lowest BCUT2D eigenvalue weighted by atomic mass is 9.89. The minimum atomic E-state index is -4.37. The first-order chi connectivity index (χ1) is 28.1. The molecule has 1 unspecified atom stereocenters. The van der Waals surface area contributed by atoms with E-state index in [1.807, 2.05) is 42.5 Å². The Morgan fingerprint density at radius 2 is 1.43 bits per heavy atom. The van der Waals surface area contributed by atoms with E-state index in [9.17, 15) is 18.0 Å². The summed E-state index contributed by atoms with van der Waals surface area (Å²) in [5.74, 6) is -0.263. The van der Waals surface area contributed by atoms with Crippen molar-refractivity contribution in [2.45, 2.75) is 93.1 Å². The second-order valence-corrected chi connectivity index (χ2v) is 16.4. The third-order valence-electron chi connectivity index (χ3n) is 9.28. The normalized spacial score (nSPS) is 11.8. The maximum Gasteiger partial charge on any atom is 0.340 e. The number of rotatable bonds is 22. The summed E-state index contributed by atoms with van der Waals surface area (Å²) in [5, 5.41) is 0. The van der Waals surface area contributed by atoms with Crippen molar-refractivity contribution >= 4 is 33.8 Å². The van der Waals surface area contributed by atoms with Crippen LogP contribution in [-0.4, -0.2) is 40.7 Å². The lowest BCUT2D eigenvalue weighted by Gasteiger charge is -2.24. The van der Waals surface area contributed by atoms with Gasteiger partial charge >= 0.3 is 22.1 Å². The van der Waals surface area contributed by atoms with Crippen molar-refractivity contribution in [3.63, 3.8) is 0 Å². The van der Waals surface area contributed by atoms with Crippen molar-refractivity contribution < 1.29 is 41.1 Å². The van der Waals surface area contributed by atoms with Crippen LogP contribution in [0.1, 0.15) is 98.9 Å². The summed E-state index contributed by atoms with van der Waals surface area (Å²) in [6.07, 6.45) is 6.48. The molecule has 5 rings (SSSR count). The molecule has 0 amide bonds. The SMILES string of the molecule is CCCCCCCOCc1ccc(C(=O)OC)c(C(OC(C)=O)c2ccccc2-c2ccc(Sc3ccc(OCCCC)cc3)c(S(=O)(=O)Oc3ccccc3)c2)c1. The molecule has 0 N–H and O–H groups in total. The number of ether oxygens (including phenoxy) is 4. The highest BCUT2D eigenvalue weighted by molar-refractivity contribution is 8.00. The zero-order valence-electron chi connectivity index (χ0n) is 33.6. The molecule has 0 saturated heterocycles. The van der Waals surface area contributed by atoms with Gasteiger partial charge in [0.05, 0.1) is 25.9 Å². The lowest BCUT2D eigenvalue weighted by molar-refractivity contribution is -0.144. The van der Waals surface area contributed by atoms with Crippen molar-refractivity contribution in [1.82, 2.24) is 0 Å². The lowest BCUT2D eigenvalue weighted by Crippen LogP contribution is -2.17. The van der Waals surface area contributed by atoms with Crippen molar-refractivity contribution in [3.8, 4) is 22.6 Å². The van der Waals surface area contributed by atoms with Crippen LogP contribution in [0.2, 0.25) is 0 Å². The molecule has 11 heteroatoms. The molecule has 1 atom stereocenters. The largest absolute Gasteiger partial charge is 0.494 e. The van der Waals surface area contributed by atoms with E-state index in [2.05, 4.69) is 13.8 Å². The van der Waals surface area contributed by atoms with Gasteiger partial charge in [0.1, 0.15) is 16.4 Å². The zero-order chi connectivity index (χ0) is 41.3. The quantitative estimate of drug-likeness (QED) is 0.0379.